The number of hydrogen-bond acceptors (Lipinski definition) is 6. The summed E-state index contributed by atoms with van der Waals surface area (Å²) in [5, 5.41) is 0. The highest BCUT2D eigenvalue weighted by Crippen LogP contribution is 2.48. The molecule has 0 aromatic heterocycles. The van der Waals surface area contributed by atoms with E-state index in [0.717, 1.165) is 43.3 Å². The molecule has 0 aromatic carbocycles. The van der Waals surface area contributed by atoms with Crippen molar-refractivity contribution in [3.8, 4) is 0 Å². The Morgan fingerprint density at radius 3 is 2.52 bits per heavy atom. The monoisotopic (exact) mass is 406 g/mol. The van der Waals surface area contributed by atoms with Gasteiger partial charge in [0.1, 0.15) is 6.61 Å². The molecule has 1 aliphatic carbocycles. The number of esters is 2. The second-order valence-corrected chi connectivity index (χ2v) is 9.27. The molecule has 3 fully saturated rings. The third-order valence-corrected chi connectivity index (χ3v) is 6.69. The molecular weight excluding hydrogens is 372 g/mol. The van der Waals surface area contributed by atoms with Crippen molar-refractivity contribution in [2.75, 3.05) is 13.7 Å². The van der Waals surface area contributed by atoms with Crippen LogP contribution >= 0.6 is 0 Å². The third-order valence-electron chi connectivity index (χ3n) is 6.69. The minimum absolute atomic E-state index is 0.130. The summed E-state index contributed by atoms with van der Waals surface area (Å²) in [6, 6.07) is 0. The lowest BCUT2D eigenvalue weighted by Gasteiger charge is -2.29. The van der Waals surface area contributed by atoms with Crippen LogP contribution in [-0.4, -0.2) is 49.1 Å². The van der Waals surface area contributed by atoms with Gasteiger partial charge in [-0.1, -0.05) is 18.2 Å². The van der Waals surface area contributed by atoms with Crippen molar-refractivity contribution in [3.63, 3.8) is 0 Å². The van der Waals surface area contributed by atoms with Crippen LogP contribution in [0.5, 0.6) is 0 Å². The van der Waals surface area contributed by atoms with E-state index in [1.54, 1.807) is 0 Å². The van der Waals surface area contributed by atoms with Gasteiger partial charge in [-0.15, -0.1) is 0 Å². The maximum Gasteiger partial charge on any atom is 0.313 e. The van der Waals surface area contributed by atoms with E-state index in [-0.39, 0.29) is 47.9 Å². The summed E-state index contributed by atoms with van der Waals surface area (Å²) in [5.41, 5.74) is 1.52. The van der Waals surface area contributed by atoms with Gasteiger partial charge >= 0.3 is 11.9 Å². The van der Waals surface area contributed by atoms with Gasteiger partial charge in [0.25, 0.3) is 0 Å². The van der Waals surface area contributed by atoms with Gasteiger partial charge < -0.3 is 18.9 Å². The fourth-order valence-electron chi connectivity index (χ4n) is 4.52. The molecule has 0 amide bonds. The van der Waals surface area contributed by atoms with Crippen LogP contribution in [0.3, 0.4) is 0 Å². The standard InChI is InChI=1S/C23H34O6/c1-14-7-9-19-23(5,29-19)12-11-17(20(14)21(25)26-6)16(13-27-15(2)24)8-10-18-22(3,4)28-18/h8,17-20H,1,7,9-13H2,2-6H3/b16-8-/t17?,18?,19?,20-,23-/m0/s1. The summed E-state index contributed by atoms with van der Waals surface area (Å²) in [6.45, 7) is 12.0. The highest BCUT2D eigenvalue weighted by atomic mass is 16.6. The molecule has 6 nitrogen and oxygen atoms in total. The Kier molecular flexibility index (Phi) is 6.25. The average Bonchev–Trinajstić information content (AvgIpc) is 3.49. The molecule has 1 saturated carbocycles. The first-order valence-electron chi connectivity index (χ1n) is 10.5. The number of fused-ring (bicyclic) bond motifs is 1. The molecule has 2 aliphatic heterocycles. The summed E-state index contributed by atoms with van der Waals surface area (Å²) in [7, 11) is 1.41. The molecule has 3 aliphatic rings. The normalized spacial score (nSPS) is 36.2. The molecule has 3 unspecified atom stereocenters. The van der Waals surface area contributed by atoms with Crippen LogP contribution in [0, 0.1) is 11.8 Å². The van der Waals surface area contributed by atoms with E-state index in [1.807, 2.05) is 0 Å². The number of hydrogen-bond donors (Lipinski definition) is 0. The van der Waals surface area contributed by atoms with Gasteiger partial charge in [-0.3, -0.25) is 9.59 Å². The molecular formula is C23H34O6. The second-order valence-electron chi connectivity index (χ2n) is 9.27. The molecule has 0 aromatic rings. The maximum atomic E-state index is 12.8. The van der Waals surface area contributed by atoms with E-state index in [0.29, 0.717) is 0 Å². The highest BCUT2D eigenvalue weighted by molar-refractivity contribution is 5.76. The number of carbonyl (C=O) groups excluding carboxylic acids is 2. The van der Waals surface area contributed by atoms with E-state index in [9.17, 15) is 9.59 Å². The molecule has 5 atom stereocenters. The predicted octanol–water partition coefficient (Wildman–Crippen LogP) is 3.74. The molecule has 2 saturated heterocycles. The van der Waals surface area contributed by atoms with Gasteiger partial charge in [0, 0.05) is 12.8 Å². The van der Waals surface area contributed by atoms with Crippen LogP contribution in [-0.2, 0) is 28.5 Å². The zero-order valence-electron chi connectivity index (χ0n) is 18.3. The zero-order valence-corrected chi connectivity index (χ0v) is 18.3. The highest BCUT2D eigenvalue weighted by Gasteiger charge is 2.53. The third kappa shape index (κ3) is 5.10. The number of methoxy groups -OCH3 is 1. The topological polar surface area (TPSA) is 77.7 Å². The number of ether oxygens (including phenoxy) is 4. The lowest BCUT2D eigenvalue weighted by Crippen LogP contribution is -2.30. The quantitative estimate of drug-likeness (QED) is 0.380. The van der Waals surface area contributed by atoms with Crippen LogP contribution in [0.15, 0.2) is 23.8 Å². The summed E-state index contributed by atoms with van der Waals surface area (Å²) in [4.78, 5) is 24.3. The maximum absolute atomic E-state index is 12.8. The molecule has 6 heteroatoms. The molecule has 0 N–H and O–H groups in total. The van der Waals surface area contributed by atoms with E-state index >= 15 is 0 Å². The number of carbonyl (C=O) groups is 2. The van der Waals surface area contributed by atoms with Gasteiger partial charge in [-0.25, -0.2) is 0 Å². The largest absolute Gasteiger partial charge is 0.469 e. The molecule has 162 valence electrons. The van der Waals surface area contributed by atoms with Gasteiger partial charge in [0.05, 0.1) is 36.4 Å². The van der Waals surface area contributed by atoms with Crippen molar-refractivity contribution in [2.24, 2.45) is 11.8 Å². The molecule has 0 bridgehead atoms. The van der Waals surface area contributed by atoms with E-state index in [2.05, 4.69) is 33.4 Å². The van der Waals surface area contributed by atoms with Crippen molar-refractivity contribution >= 4 is 11.9 Å². The van der Waals surface area contributed by atoms with E-state index in [4.69, 9.17) is 18.9 Å². The summed E-state index contributed by atoms with van der Waals surface area (Å²) < 4.78 is 22.1. The first-order valence-corrected chi connectivity index (χ1v) is 10.5. The van der Waals surface area contributed by atoms with Crippen molar-refractivity contribution < 1.29 is 28.5 Å². The Balaban J connectivity index is 1.89. The fraction of sp³-hybridized carbons (Fsp3) is 0.739. The lowest BCUT2D eigenvalue weighted by molar-refractivity contribution is -0.145. The van der Waals surface area contributed by atoms with E-state index in [1.165, 1.54) is 14.0 Å². The molecule has 0 spiro atoms. The van der Waals surface area contributed by atoms with Crippen LogP contribution in [0.4, 0.5) is 0 Å². The lowest BCUT2D eigenvalue weighted by atomic mass is 9.77. The van der Waals surface area contributed by atoms with Crippen LogP contribution in [0.2, 0.25) is 0 Å². The van der Waals surface area contributed by atoms with Gasteiger partial charge in [0.2, 0.25) is 0 Å². The molecule has 29 heavy (non-hydrogen) atoms. The summed E-state index contributed by atoms with van der Waals surface area (Å²) >= 11 is 0. The summed E-state index contributed by atoms with van der Waals surface area (Å²) in [6.07, 6.45) is 6.33. The van der Waals surface area contributed by atoms with Crippen molar-refractivity contribution in [3.05, 3.63) is 23.8 Å². The van der Waals surface area contributed by atoms with Gasteiger partial charge in [-0.05, 0) is 58.4 Å². The Hall–Kier alpha value is -1.66. The minimum Gasteiger partial charge on any atom is -0.469 e. The Morgan fingerprint density at radius 1 is 1.24 bits per heavy atom. The van der Waals surface area contributed by atoms with Crippen molar-refractivity contribution in [2.45, 2.75) is 83.2 Å². The smallest absolute Gasteiger partial charge is 0.313 e. The van der Waals surface area contributed by atoms with Gasteiger partial charge in [0.15, 0.2) is 0 Å². The van der Waals surface area contributed by atoms with E-state index < -0.39 is 5.92 Å². The Bertz CT molecular complexity index is 708. The Labute approximate surface area is 173 Å². The van der Waals surface area contributed by atoms with Crippen LogP contribution < -0.4 is 0 Å². The first kappa shape index (κ1) is 22.0. The van der Waals surface area contributed by atoms with Gasteiger partial charge in [-0.2, -0.15) is 0 Å². The fourth-order valence-corrected chi connectivity index (χ4v) is 4.52. The number of epoxide rings is 2. The first-order chi connectivity index (χ1) is 13.6. The van der Waals surface area contributed by atoms with Crippen molar-refractivity contribution in [1.82, 2.24) is 0 Å². The molecule has 3 rings (SSSR count). The second kappa shape index (κ2) is 8.23. The van der Waals surface area contributed by atoms with Crippen LogP contribution in [0.1, 0.15) is 59.8 Å². The average molecular weight is 407 g/mol. The van der Waals surface area contributed by atoms with Crippen LogP contribution in [0.25, 0.3) is 0 Å². The van der Waals surface area contributed by atoms with Crippen molar-refractivity contribution in [1.29, 1.82) is 0 Å². The zero-order chi connectivity index (χ0) is 21.4. The predicted molar refractivity (Wildman–Crippen MR) is 108 cm³/mol. The molecule has 2 heterocycles. The Morgan fingerprint density at radius 2 is 1.93 bits per heavy atom. The SMILES string of the molecule is C=C1CCC2O[C@@]2(C)CCC(/C(=C\CC2OC2(C)C)COC(C)=O)[C@H]1C(=O)OC. The molecule has 0 radical (unpaired) electrons. The number of rotatable bonds is 6. The summed E-state index contributed by atoms with van der Waals surface area (Å²) in [5.74, 6) is -1.21. The minimum atomic E-state index is -0.448.